The van der Waals surface area contributed by atoms with E-state index >= 15 is 0 Å². The van der Waals surface area contributed by atoms with Crippen molar-refractivity contribution in [1.82, 2.24) is 4.31 Å². The van der Waals surface area contributed by atoms with Gasteiger partial charge in [-0.2, -0.15) is 0 Å². The van der Waals surface area contributed by atoms with Crippen LogP contribution in [0.5, 0.6) is 11.5 Å². The first kappa shape index (κ1) is 28.6. The van der Waals surface area contributed by atoms with Crippen LogP contribution >= 0.6 is 11.9 Å². The van der Waals surface area contributed by atoms with Gasteiger partial charge in [0, 0.05) is 18.3 Å². The van der Waals surface area contributed by atoms with Crippen LogP contribution in [-0.4, -0.2) is 42.1 Å². The zero-order chi connectivity index (χ0) is 26.3. The van der Waals surface area contributed by atoms with Crippen LogP contribution in [0.15, 0.2) is 60.6 Å². The lowest BCUT2D eigenvalue weighted by Crippen LogP contribution is -2.41. The molecule has 0 amide bonds. The largest absolute Gasteiger partial charge is 0.497 e. The summed E-state index contributed by atoms with van der Waals surface area (Å²) in [5.74, 6) is 4.31. The predicted molar refractivity (Wildman–Crippen MR) is 151 cm³/mol. The van der Waals surface area contributed by atoms with E-state index in [0.29, 0.717) is 11.2 Å². The van der Waals surface area contributed by atoms with Gasteiger partial charge in [0.15, 0.2) is 0 Å². The van der Waals surface area contributed by atoms with E-state index < -0.39 is 0 Å². The van der Waals surface area contributed by atoms with Crippen molar-refractivity contribution in [2.75, 3.05) is 14.2 Å². The van der Waals surface area contributed by atoms with E-state index in [0.717, 1.165) is 31.0 Å². The zero-order valence-electron chi connectivity index (χ0n) is 23.1. The predicted octanol–water partition coefficient (Wildman–Crippen LogP) is 6.96. The number of nitrogens with zero attached hydrogens (tertiary/aromatic N) is 1. The number of hydrogen-bond donors (Lipinski definition) is 0. The van der Waals surface area contributed by atoms with Crippen molar-refractivity contribution >= 4 is 19.1 Å². The first-order valence-electron chi connectivity index (χ1n) is 12.7. The quantitative estimate of drug-likeness (QED) is 0.227. The van der Waals surface area contributed by atoms with E-state index in [2.05, 4.69) is 82.2 Å². The molecule has 2 unspecified atom stereocenters. The second-order valence-corrected chi connectivity index (χ2v) is 12.0. The number of hydrogen-bond acceptors (Lipinski definition) is 6. The molecule has 0 radical (unpaired) electrons. The number of methoxy groups -OCH3 is 2. The smallest absolute Gasteiger partial charge is 0.486 e. The maximum Gasteiger partial charge on any atom is 0.486 e. The van der Waals surface area contributed by atoms with Crippen LogP contribution in [0.2, 0.25) is 0 Å². The third-order valence-electron chi connectivity index (χ3n) is 7.23. The van der Waals surface area contributed by atoms with Crippen LogP contribution in [0.1, 0.15) is 59.1 Å². The van der Waals surface area contributed by atoms with Gasteiger partial charge in [-0.15, -0.1) is 0 Å². The normalized spacial score (nSPS) is 18.5. The maximum absolute atomic E-state index is 6.10. The van der Waals surface area contributed by atoms with Gasteiger partial charge in [-0.05, 0) is 75.4 Å². The maximum atomic E-state index is 6.10. The van der Waals surface area contributed by atoms with Gasteiger partial charge in [-0.1, -0.05) is 62.1 Å². The molecule has 0 N–H and O–H groups in total. The number of rotatable bonds is 12. The molecule has 0 saturated carbocycles. The SMILES string of the molecule is COc1ccc(CN(Cc2ccc(OC)cc2)SC(C)C(C)C/C=C/B2OC(C)(C)C(C)(C)O2)cc1. The van der Waals surface area contributed by atoms with Gasteiger partial charge in [0.1, 0.15) is 11.5 Å². The average molecular weight is 512 g/mol. The van der Waals surface area contributed by atoms with Crippen molar-refractivity contribution < 1.29 is 18.8 Å². The minimum absolute atomic E-state index is 0.285. The van der Waals surface area contributed by atoms with Crippen LogP contribution in [0.4, 0.5) is 0 Å². The van der Waals surface area contributed by atoms with Crippen molar-refractivity contribution in [2.24, 2.45) is 5.92 Å². The van der Waals surface area contributed by atoms with Gasteiger partial charge in [0.25, 0.3) is 0 Å². The highest BCUT2D eigenvalue weighted by Gasteiger charge is 2.49. The molecule has 1 fully saturated rings. The number of ether oxygens (including phenoxy) is 2. The average Bonchev–Trinajstić information content (AvgIpc) is 3.05. The third-order valence-corrected chi connectivity index (χ3v) is 8.58. The van der Waals surface area contributed by atoms with Gasteiger partial charge in [0.05, 0.1) is 25.4 Å². The second kappa shape index (κ2) is 12.5. The molecule has 2 aromatic rings. The first-order chi connectivity index (χ1) is 17.0. The Hall–Kier alpha value is -1.93. The summed E-state index contributed by atoms with van der Waals surface area (Å²) in [6, 6.07) is 16.7. The van der Waals surface area contributed by atoms with E-state index in [1.54, 1.807) is 14.2 Å². The van der Waals surface area contributed by atoms with Crippen molar-refractivity contribution in [3.63, 3.8) is 0 Å². The lowest BCUT2D eigenvalue weighted by atomic mass is 9.88. The van der Waals surface area contributed by atoms with Crippen molar-refractivity contribution in [3.05, 3.63) is 71.7 Å². The minimum atomic E-state index is -0.305. The third kappa shape index (κ3) is 7.79. The summed E-state index contributed by atoms with van der Waals surface area (Å²) in [5.41, 5.74) is 1.91. The number of benzene rings is 2. The van der Waals surface area contributed by atoms with Gasteiger partial charge in [-0.3, -0.25) is 0 Å². The lowest BCUT2D eigenvalue weighted by molar-refractivity contribution is 0.00578. The molecule has 0 aliphatic carbocycles. The van der Waals surface area contributed by atoms with Crippen LogP contribution in [-0.2, 0) is 22.4 Å². The summed E-state index contributed by atoms with van der Waals surface area (Å²) in [7, 11) is 3.11. The molecule has 0 bridgehead atoms. The molecule has 36 heavy (non-hydrogen) atoms. The van der Waals surface area contributed by atoms with Crippen molar-refractivity contribution in [1.29, 1.82) is 0 Å². The summed E-state index contributed by atoms with van der Waals surface area (Å²) in [4.78, 5) is 0. The van der Waals surface area contributed by atoms with Crippen LogP contribution < -0.4 is 9.47 Å². The first-order valence-corrected chi connectivity index (χ1v) is 13.6. The molecular weight excluding hydrogens is 469 g/mol. The second-order valence-electron chi connectivity index (χ2n) is 10.6. The molecule has 7 heteroatoms. The molecule has 0 aromatic heterocycles. The fourth-order valence-electron chi connectivity index (χ4n) is 3.90. The van der Waals surface area contributed by atoms with Gasteiger partial charge in [0.2, 0.25) is 0 Å². The Morgan fingerprint density at radius 2 is 1.28 bits per heavy atom. The van der Waals surface area contributed by atoms with E-state index in [9.17, 15) is 0 Å². The molecule has 5 nitrogen and oxygen atoms in total. The summed E-state index contributed by atoms with van der Waals surface area (Å²) < 4.78 is 25.3. The molecule has 1 aliphatic heterocycles. The highest BCUT2D eigenvalue weighted by molar-refractivity contribution is 7.97. The highest BCUT2D eigenvalue weighted by atomic mass is 32.2. The Morgan fingerprint density at radius 3 is 1.69 bits per heavy atom. The Labute approximate surface area is 222 Å². The molecule has 1 aliphatic rings. The molecule has 2 atom stereocenters. The van der Waals surface area contributed by atoms with Crippen molar-refractivity contribution in [3.8, 4) is 11.5 Å². The molecule has 3 rings (SSSR count). The van der Waals surface area contributed by atoms with Gasteiger partial charge in [-0.25, -0.2) is 4.31 Å². The molecule has 0 spiro atoms. The number of allylic oxidation sites excluding steroid dienone is 1. The van der Waals surface area contributed by atoms with Crippen LogP contribution in [0.3, 0.4) is 0 Å². The molecule has 196 valence electrons. The fraction of sp³-hybridized carbons (Fsp3) is 0.517. The van der Waals surface area contributed by atoms with E-state index in [-0.39, 0.29) is 18.3 Å². The minimum Gasteiger partial charge on any atom is -0.497 e. The molecule has 1 saturated heterocycles. The van der Waals surface area contributed by atoms with E-state index in [1.807, 2.05) is 36.2 Å². The van der Waals surface area contributed by atoms with Gasteiger partial charge >= 0.3 is 7.12 Å². The summed E-state index contributed by atoms with van der Waals surface area (Å²) in [6.45, 7) is 14.7. The summed E-state index contributed by atoms with van der Waals surface area (Å²) in [6.07, 6.45) is 3.18. The lowest BCUT2D eigenvalue weighted by Gasteiger charge is -2.32. The zero-order valence-corrected chi connectivity index (χ0v) is 23.9. The molecular formula is C29H42BNO4S. The Bertz CT molecular complexity index is 912. The summed E-state index contributed by atoms with van der Waals surface area (Å²) >= 11 is 1.92. The Morgan fingerprint density at radius 1 is 0.833 bits per heavy atom. The van der Waals surface area contributed by atoms with Gasteiger partial charge < -0.3 is 18.8 Å². The fourth-order valence-corrected chi connectivity index (χ4v) is 5.14. The van der Waals surface area contributed by atoms with Crippen LogP contribution in [0, 0.1) is 5.92 Å². The Balaban J connectivity index is 1.61. The Kier molecular flexibility index (Phi) is 9.98. The highest BCUT2D eigenvalue weighted by Crippen LogP contribution is 2.37. The standard InChI is InChI=1S/C29H42BNO4S/c1-22(10-9-19-30-34-28(3,4)29(5,6)35-30)23(2)36-31(20-24-11-15-26(32-7)16-12-24)21-25-13-17-27(33-8)18-14-25/h9,11-19,22-23H,10,20-21H2,1-8H3/b19-9+. The van der Waals surface area contributed by atoms with Crippen molar-refractivity contribution in [2.45, 2.75) is 77.5 Å². The molecule has 1 heterocycles. The van der Waals surface area contributed by atoms with E-state index in [1.165, 1.54) is 11.1 Å². The topological polar surface area (TPSA) is 40.2 Å². The summed E-state index contributed by atoms with van der Waals surface area (Å²) in [5, 5.41) is 0.435. The monoisotopic (exact) mass is 511 g/mol. The molecule has 2 aromatic carbocycles. The van der Waals surface area contributed by atoms with Crippen LogP contribution in [0.25, 0.3) is 0 Å². The van der Waals surface area contributed by atoms with E-state index in [4.69, 9.17) is 18.8 Å².